The van der Waals surface area contributed by atoms with Crippen LogP contribution in [-0.4, -0.2) is 51.7 Å². The lowest BCUT2D eigenvalue weighted by atomic mass is 9.54. The van der Waals surface area contributed by atoms with E-state index in [4.69, 9.17) is 69.6 Å². The molecular weight excluding hydrogens is 1010 g/mol. The van der Waals surface area contributed by atoms with E-state index in [9.17, 15) is 15.0 Å². The van der Waals surface area contributed by atoms with Gasteiger partial charge in [0.15, 0.2) is 5.78 Å². The van der Waals surface area contributed by atoms with Gasteiger partial charge >= 0.3 is 0 Å². The van der Waals surface area contributed by atoms with Crippen LogP contribution in [0, 0.1) is 11.8 Å². The van der Waals surface area contributed by atoms with Crippen LogP contribution in [0.3, 0.4) is 0 Å². The molecule has 0 amide bonds. The predicted molar refractivity (Wildman–Crippen MR) is 275 cm³/mol. The van der Waals surface area contributed by atoms with Crippen LogP contribution in [0.4, 0.5) is 0 Å². The predicted octanol–water partition coefficient (Wildman–Crippen LogP) is 10.8. The molecule has 6 aliphatic rings. The summed E-state index contributed by atoms with van der Waals surface area (Å²) in [6, 6.07) is 17.5. The SMILES string of the molecule is CC(O)(CC1CCCCC1)C1(c2ccc(Cl)c(Cl)c2)CCC1.CC(O)(CC1CCCCC1)C1(c2ccc(Cl)c(Cl)c2)CCC1.O=C(CN1CCCCC1)C1(c2ccc(Cl)c(Cl)c2)CCC1.[Cl-].[Cl-]. The molecule has 67 heavy (non-hydrogen) atoms. The second-order valence-corrected chi connectivity index (χ2v) is 23.9. The zero-order valence-corrected chi connectivity index (χ0v) is 45.8. The van der Waals surface area contributed by atoms with Crippen LogP contribution in [0.2, 0.25) is 30.1 Å². The molecule has 4 nitrogen and oxygen atoms in total. The molecule has 2 N–H and O–H groups in total. The van der Waals surface area contributed by atoms with Crippen molar-refractivity contribution in [2.24, 2.45) is 11.8 Å². The lowest BCUT2D eigenvalue weighted by Crippen LogP contribution is -3.00. The van der Waals surface area contributed by atoms with Crippen molar-refractivity contribution in [2.45, 2.75) is 195 Å². The summed E-state index contributed by atoms with van der Waals surface area (Å²) in [6.07, 6.45) is 28.2. The number of carbonyl (C=O) groups is 1. The first-order chi connectivity index (χ1) is 31.0. The number of nitrogens with zero attached hydrogens (tertiary/aromatic N) is 1. The number of piperidine rings is 1. The van der Waals surface area contributed by atoms with E-state index in [0.717, 1.165) is 87.6 Å². The second-order valence-electron chi connectivity index (χ2n) is 21.4. The molecule has 5 aliphatic carbocycles. The van der Waals surface area contributed by atoms with Gasteiger partial charge in [-0.2, -0.15) is 0 Å². The van der Waals surface area contributed by atoms with E-state index in [1.165, 1.54) is 96.3 Å². The number of hydrogen-bond donors (Lipinski definition) is 2. The van der Waals surface area contributed by atoms with Crippen LogP contribution in [0.25, 0.3) is 0 Å². The van der Waals surface area contributed by atoms with Crippen molar-refractivity contribution in [1.82, 2.24) is 4.90 Å². The maximum absolute atomic E-state index is 12.9. The van der Waals surface area contributed by atoms with Crippen molar-refractivity contribution in [3.8, 4) is 0 Å². The number of rotatable bonds is 12. The Bertz CT molecular complexity index is 1960. The van der Waals surface area contributed by atoms with E-state index in [1.54, 1.807) is 0 Å². The maximum Gasteiger partial charge on any atom is 0.157 e. The van der Waals surface area contributed by atoms with Crippen molar-refractivity contribution < 1.29 is 39.8 Å². The van der Waals surface area contributed by atoms with Crippen molar-refractivity contribution in [2.75, 3.05) is 19.6 Å². The topological polar surface area (TPSA) is 60.8 Å². The number of likely N-dealkylation sites (tertiary alicyclic amines) is 1. The molecule has 0 radical (unpaired) electrons. The number of halogens is 8. The Morgan fingerprint density at radius 3 is 1.18 bits per heavy atom. The first-order valence-electron chi connectivity index (χ1n) is 25.1. The number of benzene rings is 3. The van der Waals surface area contributed by atoms with E-state index in [2.05, 4.69) is 17.0 Å². The molecular formula is C55H73Cl8NO3-2. The highest BCUT2D eigenvalue weighted by molar-refractivity contribution is 6.43. The number of carbonyl (C=O) groups excluding carboxylic acids is 1. The fourth-order valence-electron chi connectivity index (χ4n) is 12.7. The van der Waals surface area contributed by atoms with Gasteiger partial charge in [-0.15, -0.1) is 0 Å². The van der Waals surface area contributed by atoms with E-state index in [-0.39, 0.29) is 41.1 Å². The summed E-state index contributed by atoms with van der Waals surface area (Å²) in [7, 11) is 0. The molecule has 12 heteroatoms. The first kappa shape index (κ1) is 57.4. The molecule has 3 aromatic carbocycles. The quantitative estimate of drug-likeness (QED) is 0.190. The van der Waals surface area contributed by atoms with Gasteiger partial charge in [-0.05, 0) is 156 Å². The van der Waals surface area contributed by atoms with Crippen LogP contribution in [0.15, 0.2) is 54.6 Å². The van der Waals surface area contributed by atoms with Crippen LogP contribution in [0.1, 0.15) is 185 Å². The summed E-state index contributed by atoms with van der Waals surface area (Å²) in [6.45, 7) is 6.79. The minimum absolute atomic E-state index is 0. The molecule has 1 heterocycles. The Morgan fingerprint density at radius 2 is 0.851 bits per heavy atom. The van der Waals surface area contributed by atoms with Crippen LogP contribution >= 0.6 is 69.6 Å². The third kappa shape index (κ3) is 13.0. The molecule has 0 aromatic heterocycles. The smallest absolute Gasteiger partial charge is 0.157 e. The largest absolute Gasteiger partial charge is 1.00 e. The fourth-order valence-corrected chi connectivity index (χ4v) is 13.6. The Hall–Kier alpha value is -0.470. The molecule has 6 fully saturated rings. The van der Waals surface area contributed by atoms with Crippen molar-refractivity contribution in [3.63, 3.8) is 0 Å². The van der Waals surface area contributed by atoms with Gasteiger partial charge in [0.2, 0.25) is 0 Å². The van der Waals surface area contributed by atoms with Gasteiger partial charge in [0.05, 0.1) is 53.3 Å². The van der Waals surface area contributed by atoms with Gasteiger partial charge < -0.3 is 35.0 Å². The van der Waals surface area contributed by atoms with Crippen molar-refractivity contribution in [1.29, 1.82) is 0 Å². The van der Waals surface area contributed by atoms with Crippen molar-refractivity contribution in [3.05, 3.63) is 101 Å². The third-order valence-electron chi connectivity index (χ3n) is 17.3. The van der Waals surface area contributed by atoms with Crippen LogP contribution < -0.4 is 24.8 Å². The standard InChI is InChI=1S/2C19H26Cl2O.C17H21Cl2NO.2ClH/c2*1-18(22,13-14-6-3-2-4-7-14)19(10-5-11-19)15-8-9-16(20)17(21)12-15;18-14-6-5-13(11-15(14)19)17(7-4-8-17)16(21)12-20-9-2-1-3-10-20;;/h2*8-9,12,14,22H,2-7,10-11,13H2,1H3;5-6,11H,1-4,7-10,12H2;2*1H/p-2. The van der Waals surface area contributed by atoms with Gasteiger partial charge in [0.25, 0.3) is 0 Å². The van der Waals surface area contributed by atoms with Gasteiger partial charge in [-0.1, -0.05) is 178 Å². The Balaban J connectivity index is 0.000000185. The molecule has 3 aromatic rings. The Morgan fingerprint density at radius 1 is 0.507 bits per heavy atom. The molecule has 2 atom stereocenters. The van der Waals surface area contributed by atoms with Gasteiger partial charge in [-0.3, -0.25) is 9.69 Å². The third-order valence-corrected chi connectivity index (χ3v) is 19.5. The molecule has 9 rings (SSSR count). The molecule has 0 bridgehead atoms. The van der Waals surface area contributed by atoms with E-state index in [1.807, 2.05) is 56.3 Å². The summed E-state index contributed by atoms with van der Waals surface area (Å²) in [4.78, 5) is 15.2. The van der Waals surface area contributed by atoms with Gasteiger partial charge in [-0.25, -0.2) is 0 Å². The molecule has 1 aliphatic heterocycles. The van der Waals surface area contributed by atoms with E-state index in [0.29, 0.717) is 54.3 Å². The average Bonchev–Trinajstić information content (AvgIpc) is 3.22. The lowest BCUT2D eigenvalue weighted by molar-refractivity contribution is -0.129. The molecule has 0 spiro atoms. The highest BCUT2D eigenvalue weighted by Crippen LogP contribution is 2.56. The van der Waals surface area contributed by atoms with E-state index < -0.39 is 11.2 Å². The van der Waals surface area contributed by atoms with Crippen molar-refractivity contribution >= 4 is 75.4 Å². The number of hydrogen-bond acceptors (Lipinski definition) is 4. The highest BCUT2D eigenvalue weighted by Gasteiger charge is 2.54. The average molecular weight is 1080 g/mol. The summed E-state index contributed by atoms with van der Waals surface area (Å²) >= 11 is 36.7. The van der Waals surface area contributed by atoms with E-state index >= 15 is 0 Å². The maximum atomic E-state index is 12.9. The number of aliphatic hydroxyl groups is 2. The van der Waals surface area contributed by atoms with Gasteiger partial charge in [0, 0.05) is 10.8 Å². The number of Topliss-reactive ketones (excluding diaryl/α,β-unsaturated/α-hetero) is 1. The summed E-state index contributed by atoms with van der Waals surface area (Å²) in [5.41, 5.74) is 1.45. The minimum atomic E-state index is -0.662. The van der Waals surface area contributed by atoms with Crippen LogP contribution in [-0.2, 0) is 21.0 Å². The summed E-state index contributed by atoms with van der Waals surface area (Å²) in [5.74, 6) is 1.70. The minimum Gasteiger partial charge on any atom is -1.00 e. The molecule has 374 valence electrons. The normalized spacial score (nSPS) is 23.0. The number of ketones is 1. The summed E-state index contributed by atoms with van der Waals surface area (Å²) < 4.78 is 0. The zero-order chi connectivity index (χ0) is 46.5. The fraction of sp³-hybridized carbons (Fsp3) is 0.655. The summed E-state index contributed by atoms with van der Waals surface area (Å²) in [5, 5.41) is 26.2. The zero-order valence-electron chi connectivity index (χ0n) is 39.7. The monoisotopic (exact) mass is 1080 g/mol. The van der Waals surface area contributed by atoms with Gasteiger partial charge in [0.1, 0.15) is 0 Å². The first-order valence-corrected chi connectivity index (χ1v) is 27.3. The van der Waals surface area contributed by atoms with Crippen LogP contribution in [0.5, 0.6) is 0 Å². The highest BCUT2D eigenvalue weighted by atomic mass is 35.5. The Kier molecular flexibility index (Phi) is 21.4. The lowest BCUT2D eigenvalue weighted by Gasteiger charge is -2.53. The second kappa shape index (κ2) is 25.0. The molecule has 5 saturated carbocycles. The molecule has 2 unspecified atom stereocenters. The Labute approximate surface area is 445 Å². The molecule has 1 saturated heterocycles.